The molecule has 0 radical (unpaired) electrons. The summed E-state index contributed by atoms with van der Waals surface area (Å²) in [6.45, 7) is 3.33. The van der Waals surface area contributed by atoms with Gasteiger partial charge in [-0.2, -0.15) is 5.10 Å². The molecule has 0 amide bonds. The van der Waals surface area contributed by atoms with E-state index in [1.165, 1.54) is 16.9 Å². The molecule has 3 heterocycles. The van der Waals surface area contributed by atoms with E-state index in [0.717, 1.165) is 31.7 Å². The molecule has 0 unspecified atom stereocenters. The number of aromatic amines is 1. The lowest BCUT2D eigenvalue weighted by atomic mass is 9.98. The first kappa shape index (κ1) is 12.8. The topological polar surface area (TPSA) is 52.1 Å². The molecule has 0 saturated carbocycles. The van der Waals surface area contributed by atoms with Crippen LogP contribution in [0.25, 0.3) is 10.6 Å². The minimum Gasteiger partial charge on any atom is -0.396 e. The van der Waals surface area contributed by atoms with Crippen LogP contribution >= 0.6 is 11.3 Å². The number of nitrogens with one attached hydrogen (secondary N) is 1. The third-order valence-electron chi connectivity index (χ3n) is 3.74. The van der Waals surface area contributed by atoms with Crippen molar-refractivity contribution in [3.63, 3.8) is 0 Å². The van der Waals surface area contributed by atoms with Crippen LogP contribution < -0.4 is 0 Å². The predicted octanol–water partition coefficient (Wildman–Crippen LogP) is 2.34. The van der Waals surface area contributed by atoms with Gasteiger partial charge in [0.2, 0.25) is 0 Å². The Labute approximate surface area is 117 Å². The number of likely N-dealkylation sites (tertiary alicyclic amines) is 1. The number of aliphatic hydroxyl groups excluding tert-OH is 1. The van der Waals surface area contributed by atoms with Gasteiger partial charge in [-0.1, -0.05) is 6.07 Å². The second-order valence-corrected chi connectivity index (χ2v) is 6.12. The van der Waals surface area contributed by atoms with Gasteiger partial charge in [0.25, 0.3) is 0 Å². The molecule has 1 fully saturated rings. The molecular formula is C14H19N3OS. The normalized spacial score (nSPS) is 20.8. The van der Waals surface area contributed by atoms with E-state index in [2.05, 4.69) is 32.6 Å². The molecule has 0 spiro atoms. The molecule has 2 aromatic rings. The van der Waals surface area contributed by atoms with Gasteiger partial charge in [0.1, 0.15) is 0 Å². The Morgan fingerprint density at radius 3 is 3.26 bits per heavy atom. The predicted molar refractivity (Wildman–Crippen MR) is 77.0 cm³/mol. The molecule has 5 heteroatoms. The number of rotatable bonds is 4. The van der Waals surface area contributed by atoms with E-state index in [-0.39, 0.29) is 0 Å². The highest BCUT2D eigenvalue weighted by atomic mass is 32.1. The Kier molecular flexibility index (Phi) is 3.96. The monoisotopic (exact) mass is 277 g/mol. The second-order valence-electron chi connectivity index (χ2n) is 5.17. The number of aromatic nitrogens is 2. The minimum atomic E-state index is 0.305. The summed E-state index contributed by atoms with van der Waals surface area (Å²) in [4.78, 5) is 3.66. The summed E-state index contributed by atoms with van der Waals surface area (Å²) in [5, 5.41) is 18.7. The van der Waals surface area contributed by atoms with Gasteiger partial charge in [-0.15, -0.1) is 11.3 Å². The van der Waals surface area contributed by atoms with Gasteiger partial charge in [-0.25, -0.2) is 0 Å². The molecular weight excluding hydrogens is 258 g/mol. The zero-order valence-electron chi connectivity index (χ0n) is 10.9. The van der Waals surface area contributed by atoms with E-state index in [4.69, 9.17) is 0 Å². The van der Waals surface area contributed by atoms with Crippen LogP contribution in [0.1, 0.15) is 18.4 Å². The Balaban J connectivity index is 1.72. The van der Waals surface area contributed by atoms with Crippen LogP contribution in [-0.2, 0) is 6.54 Å². The molecule has 0 aliphatic carbocycles. The Bertz CT molecular complexity index is 509. The van der Waals surface area contributed by atoms with Crippen LogP contribution in [0, 0.1) is 5.92 Å². The van der Waals surface area contributed by atoms with Crippen molar-refractivity contribution < 1.29 is 5.11 Å². The summed E-state index contributed by atoms with van der Waals surface area (Å²) < 4.78 is 0. The second kappa shape index (κ2) is 5.86. The van der Waals surface area contributed by atoms with Gasteiger partial charge < -0.3 is 5.11 Å². The molecule has 3 rings (SSSR count). The molecule has 2 aromatic heterocycles. The fourth-order valence-electron chi connectivity index (χ4n) is 2.75. The van der Waals surface area contributed by atoms with Crippen molar-refractivity contribution in [2.75, 3.05) is 19.7 Å². The van der Waals surface area contributed by atoms with Crippen molar-refractivity contribution in [2.24, 2.45) is 5.92 Å². The number of piperidine rings is 1. The van der Waals surface area contributed by atoms with Gasteiger partial charge in [0.05, 0.1) is 16.8 Å². The number of hydrogen-bond donors (Lipinski definition) is 2. The van der Waals surface area contributed by atoms with Crippen LogP contribution in [0.5, 0.6) is 0 Å². The number of hydrogen-bond acceptors (Lipinski definition) is 4. The first-order valence-corrected chi connectivity index (χ1v) is 7.64. The van der Waals surface area contributed by atoms with Crippen molar-refractivity contribution >= 4 is 11.3 Å². The Morgan fingerprint density at radius 2 is 2.47 bits per heavy atom. The van der Waals surface area contributed by atoms with E-state index < -0.39 is 0 Å². The van der Waals surface area contributed by atoms with Crippen LogP contribution in [0.4, 0.5) is 0 Å². The van der Waals surface area contributed by atoms with E-state index >= 15 is 0 Å². The first-order valence-electron chi connectivity index (χ1n) is 6.76. The first-order chi connectivity index (χ1) is 9.36. The van der Waals surface area contributed by atoms with Crippen molar-refractivity contribution in [3.05, 3.63) is 29.3 Å². The molecule has 1 atom stereocenters. The smallest absolute Gasteiger partial charge is 0.0794 e. The van der Waals surface area contributed by atoms with E-state index in [1.807, 2.05) is 6.20 Å². The molecule has 2 N–H and O–H groups in total. The number of H-pyrrole nitrogens is 1. The van der Waals surface area contributed by atoms with E-state index in [0.29, 0.717) is 12.5 Å². The quantitative estimate of drug-likeness (QED) is 0.902. The minimum absolute atomic E-state index is 0.305. The standard InChI is InChI=1S/C14H19N3OS/c18-10-11-3-1-5-17(8-11)9-12-7-15-16-14(12)13-4-2-6-19-13/h2,4,6-7,11,18H,1,3,5,8-10H2,(H,15,16)/t11-/m0/s1. The van der Waals surface area contributed by atoms with Gasteiger partial charge in [0.15, 0.2) is 0 Å². The average Bonchev–Trinajstić information content (AvgIpc) is 3.09. The lowest BCUT2D eigenvalue weighted by Gasteiger charge is -2.31. The summed E-state index contributed by atoms with van der Waals surface area (Å²) in [5.41, 5.74) is 2.39. The van der Waals surface area contributed by atoms with Crippen molar-refractivity contribution in [2.45, 2.75) is 19.4 Å². The fourth-order valence-corrected chi connectivity index (χ4v) is 3.51. The summed E-state index contributed by atoms with van der Waals surface area (Å²) in [5.74, 6) is 0.436. The van der Waals surface area contributed by atoms with Gasteiger partial charge >= 0.3 is 0 Å². The molecule has 102 valence electrons. The van der Waals surface area contributed by atoms with Crippen molar-refractivity contribution in [1.82, 2.24) is 15.1 Å². The van der Waals surface area contributed by atoms with E-state index in [1.54, 1.807) is 11.3 Å². The van der Waals surface area contributed by atoms with Crippen LogP contribution in [0.3, 0.4) is 0 Å². The molecule has 0 aromatic carbocycles. The SMILES string of the molecule is OC[C@H]1CCCN(Cc2cn[nH]c2-c2cccs2)C1. The number of nitrogens with zero attached hydrogens (tertiary/aromatic N) is 2. The molecule has 0 bridgehead atoms. The highest BCUT2D eigenvalue weighted by molar-refractivity contribution is 7.13. The van der Waals surface area contributed by atoms with Crippen molar-refractivity contribution in [1.29, 1.82) is 0 Å². The number of aliphatic hydroxyl groups is 1. The van der Waals surface area contributed by atoms with E-state index in [9.17, 15) is 5.11 Å². The maximum absolute atomic E-state index is 9.30. The van der Waals surface area contributed by atoms with Crippen LogP contribution in [0.2, 0.25) is 0 Å². The zero-order valence-corrected chi connectivity index (χ0v) is 11.7. The van der Waals surface area contributed by atoms with Crippen LogP contribution in [0.15, 0.2) is 23.7 Å². The Hall–Kier alpha value is -1.17. The third kappa shape index (κ3) is 2.88. The highest BCUT2D eigenvalue weighted by Crippen LogP contribution is 2.27. The third-order valence-corrected chi connectivity index (χ3v) is 4.63. The van der Waals surface area contributed by atoms with Gasteiger partial charge in [-0.3, -0.25) is 10.00 Å². The summed E-state index contributed by atoms with van der Waals surface area (Å²) >= 11 is 1.73. The molecule has 1 aliphatic rings. The van der Waals surface area contributed by atoms with Crippen LogP contribution in [-0.4, -0.2) is 39.9 Å². The molecule has 4 nitrogen and oxygen atoms in total. The van der Waals surface area contributed by atoms with Gasteiger partial charge in [0, 0.05) is 25.3 Å². The van der Waals surface area contributed by atoms with Crippen molar-refractivity contribution in [3.8, 4) is 10.6 Å². The molecule has 1 aliphatic heterocycles. The lowest BCUT2D eigenvalue weighted by molar-refractivity contribution is 0.116. The largest absolute Gasteiger partial charge is 0.396 e. The zero-order chi connectivity index (χ0) is 13.1. The summed E-state index contributed by atoms with van der Waals surface area (Å²) in [6.07, 6.45) is 4.26. The molecule has 1 saturated heterocycles. The summed E-state index contributed by atoms with van der Waals surface area (Å²) in [6, 6.07) is 4.18. The average molecular weight is 277 g/mol. The fraction of sp³-hybridized carbons (Fsp3) is 0.500. The molecule has 19 heavy (non-hydrogen) atoms. The number of thiophene rings is 1. The maximum atomic E-state index is 9.30. The maximum Gasteiger partial charge on any atom is 0.0794 e. The van der Waals surface area contributed by atoms with Gasteiger partial charge in [-0.05, 0) is 36.8 Å². The Morgan fingerprint density at radius 1 is 1.53 bits per heavy atom. The highest BCUT2D eigenvalue weighted by Gasteiger charge is 2.20. The summed E-state index contributed by atoms with van der Waals surface area (Å²) in [7, 11) is 0. The lowest BCUT2D eigenvalue weighted by Crippen LogP contribution is -2.36.